The van der Waals surface area contributed by atoms with E-state index in [0.717, 1.165) is 0 Å². The third-order valence-corrected chi connectivity index (χ3v) is 2.36. The van der Waals surface area contributed by atoms with E-state index in [1.807, 2.05) is 0 Å². The first-order valence-electron chi connectivity index (χ1n) is 3.99. The van der Waals surface area contributed by atoms with Gasteiger partial charge in [0.1, 0.15) is 12.3 Å². The summed E-state index contributed by atoms with van der Waals surface area (Å²) in [5.41, 5.74) is 0. The number of rotatable bonds is 1. The highest BCUT2D eigenvalue weighted by Crippen LogP contribution is 2.33. The molecule has 0 saturated heterocycles. The molecule has 3 heteroatoms. The highest BCUT2D eigenvalue weighted by molar-refractivity contribution is 4.84. The van der Waals surface area contributed by atoms with Crippen LogP contribution in [0.1, 0.15) is 19.8 Å². The summed E-state index contributed by atoms with van der Waals surface area (Å²) in [4.78, 5) is 0. The Bertz CT molecular complexity index is 115. The van der Waals surface area contributed by atoms with Crippen molar-refractivity contribution < 1.29 is 13.2 Å². The van der Waals surface area contributed by atoms with Crippen molar-refractivity contribution in [3.63, 3.8) is 0 Å². The molecule has 0 nitrogen and oxygen atoms in total. The average Bonchev–Trinajstić information content (AvgIpc) is 1.85. The maximum atomic E-state index is 12.9. The van der Waals surface area contributed by atoms with Gasteiger partial charge >= 0.3 is 0 Å². The second-order valence-electron chi connectivity index (χ2n) is 3.43. The summed E-state index contributed by atoms with van der Waals surface area (Å²) in [6, 6.07) is 0. The topological polar surface area (TPSA) is 0 Å². The van der Waals surface area contributed by atoms with Crippen LogP contribution in [0.3, 0.4) is 0 Å². The zero-order chi connectivity index (χ0) is 8.43. The Labute approximate surface area is 64.8 Å². The second kappa shape index (κ2) is 3.46. The highest BCUT2D eigenvalue weighted by Gasteiger charge is 2.36. The fraction of sp³-hybridized carbons (Fsp3) is 1.00. The van der Waals surface area contributed by atoms with E-state index < -0.39 is 24.9 Å². The molecule has 1 aliphatic rings. The molecule has 0 heterocycles. The van der Waals surface area contributed by atoms with E-state index in [9.17, 15) is 13.2 Å². The Balaban J connectivity index is 2.52. The first kappa shape index (κ1) is 8.88. The Morgan fingerprint density at radius 3 is 2.00 bits per heavy atom. The van der Waals surface area contributed by atoms with Crippen LogP contribution < -0.4 is 0 Å². The Hall–Kier alpha value is -0.210. The van der Waals surface area contributed by atoms with Gasteiger partial charge in [0, 0.05) is 5.92 Å². The van der Waals surface area contributed by atoms with E-state index in [2.05, 4.69) is 0 Å². The third kappa shape index (κ3) is 1.88. The van der Waals surface area contributed by atoms with Gasteiger partial charge in [-0.05, 0) is 18.8 Å². The van der Waals surface area contributed by atoms with Crippen molar-refractivity contribution >= 4 is 0 Å². The second-order valence-corrected chi connectivity index (χ2v) is 3.43. The van der Waals surface area contributed by atoms with Crippen molar-refractivity contribution in [3.8, 4) is 0 Å². The van der Waals surface area contributed by atoms with Gasteiger partial charge in [-0.2, -0.15) is 0 Å². The molecule has 0 radical (unpaired) electrons. The molecular formula is C8H13F3. The number of alkyl halides is 3. The van der Waals surface area contributed by atoms with Crippen LogP contribution in [0.25, 0.3) is 0 Å². The summed E-state index contributed by atoms with van der Waals surface area (Å²) in [7, 11) is 0. The highest BCUT2D eigenvalue weighted by atomic mass is 19.2. The minimum Gasteiger partial charge on any atom is -0.251 e. The quantitative estimate of drug-likeness (QED) is 0.561. The van der Waals surface area contributed by atoms with E-state index in [1.165, 1.54) is 0 Å². The van der Waals surface area contributed by atoms with Crippen LogP contribution in [-0.4, -0.2) is 19.0 Å². The molecule has 11 heavy (non-hydrogen) atoms. The van der Waals surface area contributed by atoms with Gasteiger partial charge in [-0.25, -0.2) is 8.78 Å². The predicted octanol–water partition coefficient (Wildman–Crippen LogP) is 2.68. The fourth-order valence-electron chi connectivity index (χ4n) is 1.63. The van der Waals surface area contributed by atoms with E-state index in [-0.39, 0.29) is 5.92 Å². The molecular weight excluding hydrogens is 153 g/mol. The lowest BCUT2D eigenvalue weighted by atomic mass is 9.81. The number of hydrogen-bond donors (Lipinski definition) is 0. The van der Waals surface area contributed by atoms with Crippen LogP contribution in [0.4, 0.5) is 13.2 Å². The molecule has 0 bridgehead atoms. The number of halogens is 3. The molecule has 0 amide bonds. The maximum Gasteiger partial charge on any atom is 0.108 e. The molecule has 66 valence electrons. The Morgan fingerprint density at radius 2 is 1.64 bits per heavy atom. The van der Waals surface area contributed by atoms with Crippen molar-refractivity contribution in [2.24, 2.45) is 11.8 Å². The van der Waals surface area contributed by atoms with Crippen molar-refractivity contribution in [2.45, 2.75) is 32.1 Å². The van der Waals surface area contributed by atoms with Crippen LogP contribution in [0.5, 0.6) is 0 Å². The molecule has 1 aliphatic carbocycles. The normalized spacial score (nSPS) is 45.8. The molecule has 2 atom stereocenters. The molecule has 0 aromatic heterocycles. The smallest absolute Gasteiger partial charge is 0.108 e. The monoisotopic (exact) mass is 166 g/mol. The average molecular weight is 166 g/mol. The van der Waals surface area contributed by atoms with Crippen LogP contribution in [-0.2, 0) is 0 Å². The molecule has 1 fully saturated rings. The minimum absolute atomic E-state index is 0.0581. The summed E-state index contributed by atoms with van der Waals surface area (Å²) < 4.78 is 37.8. The fourth-order valence-corrected chi connectivity index (χ4v) is 1.63. The molecule has 0 aromatic rings. The van der Waals surface area contributed by atoms with Crippen molar-refractivity contribution in [1.29, 1.82) is 0 Å². The zero-order valence-corrected chi connectivity index (χ0v) is 6.56. The van der Waals surface area contributed by atoms with Crippen molar-refractivity contribution in [1.82, 2.24) is 0 Å². The van der Waals surface area contributed by atoms with E-state index in [1.54, 1.807) is 6.92 Å². The summed E-state index contributed by atoms with van der Waals surface area (Å²) in [6.07, 6.45) is -1.93. The van der Waals surface area contributed by atoms with Gasteiger partial charge in [-0.3, -0.25) is 4.39 Å². The van der Waals surface area contributed by atoms with Gasteiger partial charge in [0.2, 0.25) is 0 Å². The summed E-state index contributed by atoms with van der Waals surface area (Å²) in [6.45, 7) is 0.933. The summed E-state index contributed by atoms with van der Waals surface area (Å²) in [5, 5.41) is 0. The standard InChI is InChI=1S/C8H13F3/c1-5-2-7(10)6(4-9)8(11)3-5/h5-8H,2-4H2,1H3. The van der Waals surface area contributed by atoms with E-state index >= 15 is 0 Å². The third-order valence-electron chi connectivity index (χ3n) is 2.36. The van der Waals surface area contributed by atoms with Gasteiger partial charge in [-0.1, -0.05) is 6.92 Å². The summed E-state index contributed by atoms with van der Waals surface area (Å²) >= 11 is 0. The first-order valence-corrected chi connectivity index (χ1v) is 3.99. The van der Waals surface area contributed by atoms with Crippen molar-refractivity contribution in [3.05, 3.63) is 0 Å². The largest absolute Gasteiger partial charge is 0.251 e. The van der Waals surface area contributed by atoms with E-state index in [0.29, 0.717) is 12.8 Å². The molecule has 0 aliphatic heterocycles. The molecule has 1 saturated carbocycles. The SMILES string of the molecule is CC1CC(F)C(CF)C(F)C1. The maximum absolute atomic E-state index is 12.9. The Morgan fingerprint density at radius 1 is 1.18 bits per heavy atom. The Kier molecular flexibility index (Phi) is 2.79. The minimum atomic E-state index is -1.28. The van der Waals surface area contributed by atoms with E-state index in [4.69, 9.17) is 0 Å². The van der Waals surface area contributed by atoms with Crippen molar-refractivity contribution in [2.75, 3.05) is 6.67 Å². The molecule has 0 aromatic carbocycles. The van der Waals surface area contributed by atoms with Crippen LogP contribution in [0, 0.1) is 11.8 Å². The first-order chi connectivity index (χ1) is 5.15. The molecule has 0 N–H and O–H groups in total. The molecule has 1 rings (SSSR count). The number of hydrogen-bond acceptors (Lipinski definition) is 0. The van der Waals surface area contributed by atoms with Gasteiger partial charge < -0.3 is 0 Å². The van der Waals surface area contributed by atoms with Gasteiger partial charge in [0.15, 0.2) is 0 Å². The lowest BCUT2D eigenvalue weighted by Gasteiger charge is -2.31. The lowest BCUT2D eigenvalue weighted by Crippen LogP contribution is -2.35. The van der Waals surface area contributed by atoms with Crippen LogP contribution in [0.15, 0.2) is 0 Å². The van der Waals surface area contributed by atoms with Crippen LogP contribution >= 0.6 is 0 Å². The van der Waals surface area contributed by atoms with Gasteiger partial charge in [0.25, 0.3) is 0 Å². The van der Waals surface area contributed by atoms with Gasteiger partial charge in [0.05, 0.1) is 6.67 Å². The lowest BCUT2D eigenvalue weighted by molar-refractivity contribution is 0.0347. The summed E-state index contributed by atoms with van der Waals surface area (Å²) in [5.74, 6) is -0.936. The molecule has 0 spiro atoms. The molecule has 2 unspecified atom stereocenters. The van der Waals surface area contributed by atoms with Crippen LogP contribution in [0.2, 0.25) is 0 Å². The van der Waals surface area contributed by atoms with Gasteiger partial charge in [-0.15, -0.1) is 0 Å². The predicted molar refractivity (Wildman–Crippen MR) is 37.7 cm³/mol. The zero-order valence-electron chi connectivity index (χ0n) is 6.56.